The molecule has 0 radical (unpaired) electrons. The molecule has 0 rings (SSSR count). The second-order valence-electron chi connectivity index (χ2n) is 4.28. The van der Waals surface area contributed by atoms with Crippen molar-refractivity contribution in [3.63, 3.8) is 0 Å². The molecule has 0 heterocycles. The molecule has 0 aromatic heterocycles. The van der Waals surface area contributed by atoms with Gasteiger partial charge in [0.15, 0.2) is 0 Å². The van der Waals surface area contributed by atoms with Crippen molar-refractivity contribution in [3.05, 3.63) is 0 Å². The third kappa shape index (κ3) is 7.23. The number of carbonyl (C=O) groups excluding carboxylic acids is 1. The summed E-state index contributed by atoms with van der Waals surface area (Å²) in [4.78, 5) is 21.3. The zero-order valence-electron chi connectivity index (χ0n) is 10.0. The smallest absolute Gasteiger partial charge is 0.303 e. The Balaban J connectivity index is 3.56. The maximum Gasteiger partial charge on any atom is 0.303 e. The fraction of sp³-hybridized carbons (Fsp3) is 0.818. The maximum atomic E-state index is 11.0. The molecule has 0 aliphatic carbocycles. The van der Waals surface area contributed by atoms with Gasteiger partial charge in [0.25, 0.3) is 0 Å². The molecule has 0 aromatic rings. The van der Waals surface area contributed by atoms with Crippen LogP contribution in [0.2, 0.25) is 0 Å². The van der Waals surface area contributed by atoms with Crippen molar-refractivity contribution in [2.75, 3.05) is 6.54 Å². The SMILES string of the molecule is CC(C)C(NCCCCCC(=O)O)C(N)=O. The quantitative estimate of drug-likeness (QED) is 0.509. The van der Waals surface area contributed by atoms with Gasteiger partial charge < -0.3 is 16.2 Å². The summed E-state index contributed by atoms with van der Waals surface area (Å²) in [5, 5.41) is 11.5. The van der Waals surface area contributed by atoms with E-state index in [1.54, 1.807) is 0 Å². The lowest BCUT2D eigenvalue weighted by molar-refractivity contribution is -0.137. The van der Waals surface area contributed by atoms with E-state index >= 15 is 0 Å². The van der Waals surface area contributed by atoms with E-state index in [0.29, 0.717) is 13.0 Å². The summed E-state index contributed by atoms with van der Waals surface area (Å²) in [6.45, 7) is 4.57. The summed E-state index contributed by atoms with van der Waals surface area (Å²) in [7, 11) is 0. The molecule has 1 amide bonds. The van der Waals surface area contributed by atoms with E-state index in [2.05, 4.69) is 5.32 Å². The number of hydrogen-bond donors (Lipinski definition) is 3. The van der Waals surface area contributed by atoms with E-state index in [9.17, 15) is 9.59 Å². The monoisotopic (exact) mass is 230 g/mol. The van der Waals surface area contributed by atoms with Gasteiger partial charge in [-0.1, -0.05) is 20.3 Å². The van der Waals surface area contributed by atoms with Crippen LogP contribution in [-0.2, 0) is 9.59 Å². The highest BCUT2D eigenvalue weighted by Crippen LogP contribution is 2.02. The molecular weight excluding hydrogens is 208 g/mol. The number of rotatable bonds is 9. The van der Waals surface area contributed by atoms with Crippen LogP contribution in [0.3, 0.4) is 0 Å². The van der Waals surface area contributed by atoms with Crippen molar-refractivity contribution >= 4 is 11.9 Å². The molecule has 16 heavy (non-hydrogen) atoms. The summed E-state index contributed by atoms with van der Waals surface area (Å²) in [6, 6.07) is -0.292. The zero-order valence-corrected chi connectivity index (χ0v) is 10.0. The van der Waals surface area contributed by atoms with Crippen LogP contribution < -0.4 is 11.1 Å². The zero-order chi connectivity index (χ0) is 12.6. The van der Waals surface area contributed by atoms with E-state index in [1.165, 1.54) is 0 Å². The lowest BCUT2D eigenvalue weighted by atomic mass is 10.0. The Morgan fingerprint density at radius 1 is 1.25 bits per heavy atom. The highest BCUT2D eigenvalue weighted by Gasteiger charge is 2.17. The van der Waals surface area contributed by atoms with Crippen molar-refractivity contribution in [2.45, 2.75) is 45.6 Å². The van der Waals surface area contributed by atoms with Crippen molar-refractivity contribution < 1.29 is 14.7 Å². The largest absolute Gasteiger partial charge is 0.481 e. The van der Waals surface area contributed by atoms with Crippen LogP contribution in [0, 0.1) is 5.92 Å². The summed E-state index contributed by atoms with van der Waals surface area (Å²) in [5.74, 6) is -0.915. The molecule has 0 bridgehead atoms. The lowest BCUT2D eigenvalue weighted by Crippen LogP contribution is -2.45. The topological polar surface area (TPSA) is 92.4 Å². The fourth-order valence-corrected chi connectivity index (χ4v) is 1.50. The second-order valence-corrected chi connectivity index (χ2v) is 4.28. The Morgan fingerprint density at radius 2 is 1.88 bits per heavy atom. The van der Waals surface area contributed by atoms with Crippen LogP contribution >= 0.6 is 0 Å². The van der Waals surface area contributed by atoms with Crippen LogP contribution in [0.15, 0.2) is 0 Å². The van der Waals surface area contributed by atoms with Gasteiger partial charge in [-0.25, -0.2) is 0 Å². The predicted molar refractivity (Wildman–Crippen MR) is 61.9 cm³/mol. The predicted octanol–water partition coefficient (Wildman–Crippen LogP) is 0.731. The van der Waals surface area contributed by atoms with E-state index in [0.717, 1.165) is 12.8 Å². The van der Waals surface area contributed by atoms with Gasteiger partial charge >= 0.3 is 5.97 Å². The minimum Gasteiger partial charge on any atom is -0.481 e. The second kappa shape index (κ2) is 8.10. The van der Waals surface area contributed by atoms with Crippen molar-refractivity contribution in [2.24, 2.45) is 11.7 Å². The van der Waals surface area contributed by atoms with Gasteiger partial charge in [0, 0.05) is 6.42 Å². The standard InChI is InChI=1S/C11H22N2O3/c1-8(2)10(11(12)16)13-7-5-3-4-6-9(14)15/h8,10,13H,3-7H2,1-2H3,(H2,12,16)(H,14,15). The van der Waals surface area contributed by atoms with Gasteiger partial charge in [0.2, 0.25) is 5.91 Å². The van der Waals surface area contributed by atoms with E-state index < -0.39 is 5.97 Å². The number of unbranched alkanes of at least 4 members (excludes halogenated alkanes) is 2. The van der Waals surface area contributed by atoms with Crippen LogP contribution in [0.4, 0.5) is 0 Å². The highest BCUT2D eigenvalue weighted by atomic mass is 16.4. The number of carbonyl (C=O) groups is 2. The Hall–Kier alpha value is -1.10. The molecule has 94 valence electrons. The van der Waals surface area contributed by atoms with Gasteiger partial charge in [-0.15, -0.1) is 0 Å². The van der Waals surface area contributed by atoms with E-state index in [-0.39, 0.29) is 24.3 Å². The number of nitrogens with two attached hydrogens (primary N) is 1. The number of primary amides is 1. The number of aliphatic carboxylic acids is 1. The first-order chi connectivity index (χ1) is 7.45. The molecule has 4 N–H and O–H groups in total. The van der Waals surface area contributed by atoms with Gasteiger partial charge in [-0.2, -0.15) is 0 Å². The van der Waals surface area contributed by atoms with Crippen LogP contribution in [-0.4, -0.2) is 29.6 Å². The number of carboxylic acids is 1. The summed E-state index contributed by atoms with van der Waals surface area (Å²) < 4.78 is 0. The van der Waals surface area contributed by atoms with E-state index in [1.807, 2.05) is 13.8 Å². The molecule has 5 nitrogen and oxygen atoms in total. The molecule has 1 unspecified atom stereocenters. The molecule has 0 aliphatic rings. The first kappa shape index (κ1) is 14.9. The fourth-order valence-electron chi connectivity index (χ4n) is 1.50. The number of hydrogen-bond acceptors (Lipinski definition) is 3. The third-order valence-electron chi connectivity index (χ3n) is 2.40. The van der Waals surface area contributed by atoms with Crippen molar-refractivity contribution in [1.29, 1.82) is 0 Å². The minimum absolute atomic E-state index is 0.177. The molecular formula is C11H22N2O3. The lowest BCUT2D eigenvalue weighted by Gasteiger charge is -2.18. The molecule has 0 aromatic carbocycles. The molecule has 0 saturated heterocycles. The summed E-state index contributed by atoms with van der Waals surface area (Å²) >= 11 is 0. The number of amides is 1. The Kier molecular flexibility index (Phi) is 7.54. The normalized spacial score (nSPS) is 12.7. The minimum atomic E-state index is -0.759. The Labute approximate surface area is 96.4 Å². The molecule has 5 heteroatoms. The van der Waals surface area contributed by atoms with Crippen LogP contribution in [0.25, 0.3) is 0 Å². The Bertz CT molecular complexity index is 229. The average Bonchev–Trinajstić information content (AvgIpc) is 2.14. The molecule has 0 saturated carbocycles. The summed E-state index contributed by atoms with van der Waals surface area (Å²) in [6.07, 6.45) is 2.61. The van der Waals surface area contributed by atoms with Crippen LogP contribution in [0.1, 0.15) is 39.5 Å². The third-order valence-corrected chi connectivity index (χ3v) is 2.40. The first-order valence-electron chi connectivity index (χ1n) is 5.69. The van der Waals surface area contributed by atoms with Crippen molar-refractivity contribution in [1.82, 2.24) is 5.32 Å². The first-order valence-corrected chi connectivity index (χ1v) is 5.69. The average molecular weight is 230 g/mol. The number of carboxylic acid groups (broad SMARTS) is 1. The van der Waals surface area contributed by atoms with E-state index in [4.69, 9.17) is 10.8 Å². The van der Waals surface area contributed by atoms with Gasteiger partial charge in [0.05, 0.1) is 6.04 Å². The van der Waals surface area contributed by atoms with Gasteiger partial charge in [0.1, 0.15) is 0 Å². The number of nitrogens with one attached hydrogen (secondary N) is 1. The maximum absolute atomic E-state index is 11.0. The molecule has 0 aliphatic heterocycles. The molecule has 1 atom stereocenters. The van der Waals surface area contributed by atoms with Crippen LogP contribution in [0.5, 0.6) is 0 Å². The van der Waals surface area contributed by atoms with Crippen molar-refractivity contribution in [3.8, 4) is 0 Å². The van der Waals surface area contributed by atoms with Gasteiger partial charge in [-0.05, 0) is 25.3 Å². The van der Waals surface area contributed by atoms with Gasteiger partial charge in [-0.3, -0.25) is 9.59 Å². The summed E-state index contributed by atoms with van der Waals surface area (Å²) in [5.41, 5.74) is 5.24. The molecule has 0 fully saturated rings. The molecule has 0 spiro atoms. The Morgan fingerprint density at radius 3 is 2.31 bits per heavy atom. The highest BCUT2D eigenvalue weighted by molar-refractivity contribution is 5.80.